The van der Waals surface area contributed by atoms with Crippen molar-refractivity contribution in [2.75, 3.05) is 11.5 Å². The van der Waals surface area contributed by atoms with E-state index in [0.717, 1.165) is 23.5 Å². The van der Waals surface area contributed by atoms with Gasteiger partial charge in [-0.05, 0) is 34.9 Å². The van der Waals surface area contributed by atoms with Gasteiger partial charge in [-0.3, -0.25) is 4.79 Å². The fraction of sp³-hybridized carbons (Fsp3) is 0.429. The number of amides is 3. The number of thioether (sulfide) groups is 2. The molecule has 6 rings (SSSR count). The van der Waals surface area contributed by atoms with Crippen molar-refractivity contribution in [3.8, 4) is 0 Å². The number of urea groups is 1. The molecular weight excluding hydrogens is 436 g/mol. The Morgan fingerprint density at radius 1 is 1.07 bits per heavy atom. The third-order valence-electron chi connectivity index (χ3n) is 6.45. The molecule has 30 heavy (non-hydrogen) atoms. The fourth-order valence-electron chi connectivity index (χ4n) is 5.37. The molecule has 0 saturated carbocycles. The van der Waals surface area contributed by atoms with E-state index < -0.39 is 5.66 Å². The second kappa shape index (κ2) is 6.91. The van der Waals surface area contributed by atoms with Crippen molar-refractivity contribution < 1.29 is 9.59 Å². The van der Waals surface area contributed by atoms with E-state index in [4.69, 9.17) is 0 Å². The van der Waals surface area contributed by atoms with Crippen LogP contribution in [0.2, 0.25) is 0 Å². The van der Waals surface area contributed by atoms with Crippen LogP contribution in [0.3, 0.4) is 0 Å². The van der Waals surface area contributed by atoms with Crippen molar-refractivity contribution in [3.05, 3.63) is 58.3 Å². The number of hydrazine groups is 1. The minimum absolute atomic E-state index is 0.0894. The van der Waals surface area contributed by atoms with Crippen LogP contribution in [-0.4, -0.2) is 49.2 Å². The molecule has 0 aliphatic carbocycles. The topological polar surface area (TPSA) is 64.7 Å². The Labute approximate surface area is 187 Å². The van der Waals surface area contributed by atoms with Gasteiger partial charge in [-0.15, -0.1) is 34.9 Å². The molecule has 156 valence electrons. The summed E-state index contributed by atoms with van der Waals surface area (Å²) in [5.74, 6) is 2.13. The molecule has 5 heterocycles. The predicted molar refractivity (Wildman–Crippen MR) is 121 cm³/mol. The van der Waals surface area contributed by atoms with E-state index in [9.17, 15) is 9.59 Å². The summed E-state index contributed by atoms with van der Waals surface area (Å²) >= 11 is 5.39. The Kier molecular flexibility index (Phi) is 4.39. The van der Waals surface area contributed by atoms with Crippen LogP contribution in [-0.2, 0) is 11.3 Å². The molecule has 4 saturated heterocycles. The second-order valence-corrected chi connectivity index (χ2v) is 12.1. The van der Waals surface area contributed by atoms with Gasteiger partial charge < -0.3 is 10.6 Å². The Hall–Kier alpha value is -1.68. The highest BCUT2D eigenvalue weighted by Gasteiger charge is 2.78. The molecule has 3 amide bonds. The minimum atomic E-state index is -0.750. The SMILES string of the molecule is O=C1N[C@H]2[C@@H](c3cccs3)N(Cc3ccccc3)N3C(=O)CC4(SCCCS4)[C@]23N1. The van der Waals surface area contributed by atoms with Crippen molar-refractivity contribution in [2.24, 2.45) is 0 Å². The lowest BCUT2D eigenvalue weighted by molar-refractivity contribution is -0.150. The number of carbonyl (C=O) groups excluding carboxylic acids is 2. The summed E-state index contributed by atoms with van der Waals surface area (Å²) in [6, 6.07) is 14.0. The Bertz CT molecular complexity index is 979. The molecule has 4 aliphatic heterocycles. The lowest BCUT2D eigenvalue weighted by atomic mass is 9.93. The van der Waals surface area contributed by atoms with Crippen LogP contribution in [0, 0.1) is 0 Å². The van der Waals surface area contributed by atoms with E-state index in [0.29, 0.717) is 13.0 Å². The quantitative estimate of drug-likeness (QED) is 0.738. The second-order valence-electron chi connectivity index (χ2n) is 8.07. The number of nitrogens with one attached hydrogen (secondary N) is 2. The first-order chi connectivity index (χ1) is 14.6. The summed E-state index contributed by atoms with van der Waals surface area (Å²) in [5, 5.41) is 12.7. The summed E-state index contributed by atoms with van der Waals surface area (Å²) in [6.45, 7) is 0.621. The van der Waals surface area contributed by atoms with Gasteiger partial charge in [0.25, 0.3) is 0 Å². The van der Waals surface area contributed by atoms with E-state index in [1.807, 2.05) is 52.8 Å². The van der Waals surface area contributed by atoms with Crippen LogP contribution in [0.15, 0.2) is 47.8 Å². The molecule has 1 aromatic heterocycles. The van der Waals surface area contributed by atoms with Crippen molar-refractivity contribution in [1.29, 1.82) is 0 Å². The van der Waals surface area contributed by atoms with Gasteiger partial charge in [0.1, 0.15) is 4.08 Å². The fourth-order valence-corrected chi connectivity index (χ4v) is 9.91. The summed E-state index contributed by atoms with van der Waals surface area (Å²) in [4.78, 5) is 27.5. The molecule has 4 fully saturated rings. The van der Waals surface area contributed by atoms with Crippen molar-refractivity contribution in [1.82, 2.24) is 20.7 Å². The normalized spacial score (nSPS) is 32.2. The highest BCUT2D eigenvalue weighted by Crippen LogP contribution is 2.64. The van der Waals surface area contributed by atoms with Crippen LogP contribution in [0.1, 0.15) is 29.3 Å². The highest BCUT2D eigenvalue weighted by atomic mass is 32.2. The number of benzene rings is 1. The standard InChI is InChI=1S/C21H22N4O2S3/c26-16-12-20(29-10-5-11-30-20)21-18(22-19(27)23-21)17(15-8-4-9-28-15)24(25(16)21)13-14-6-2-1-3-7-14/h1-4,6-9,17-18H,5,10-13H2,(H2,22,23,27)/t17-,18+,21+/m1/s1. The smallest absolute Gasteiger partial charge is 0.317 e. The van der Waals surface area contributed by atoms with Gasteiger partial charge in [0.05, 0.1) is 18.5 Å². The van der Waals surface area contributed by atoms with Gasteiger partial charge in [-0.1, -0.05) is 36.4 Å². The molecule has 0 radical (unpaired) electrons. The van der Waals surface area contributed by atoms with Gasteiger partial charge in [0.2, 0.25) is 5.91 Å². The van der Waals surface area contributed by atoms with E-state index in [2.05, 4.69) is 39.2 Å². The maximum absolute atomic E-state index is 13.6. The molecule has 0 unspecified atom stereocenters. The van der Waals surface area contributed by atoms with Crippen LogP contribution in [0.4, 0.5) is 4.79 Å². The third-order valence-corrected chi connectivity index (χ3v) is 10.9. The molecule has 2 aromatic rings. The van der Waals surface area contributed by atoms with Gasteiger partial charge in [-0.2, -0.15) is 0 Å². The van der Waals surface area contributed by atoms with Crippen molar-refractivity contribution in [2.45, 2.75) is 41.2 Å². The monoisotopic (exact) mass is 458 g/mol. The first-order valence-electron chi connectivity index (χ1n) is 10.2. The molecule has 0 bridgehead atoms. The van der Waals surface area contributed by atoms with Crippen LogP contribution in [0.5, 0.6) is 0 Å². The van der Waals surface area contributed by atoms with E-state index in [1.165, 1.54) is 4.88 Å². The van der Waals surface area contributed by atoms with E-state index in [-0.39, 0.29) is 28.1 Å². The van der Waals surface area contributed by atoms with Crippen LogP contribution < -0.4 is 10.6 Å². The van der Waals surface area contributed by atoms with Gasteiger partial charge >= 0.3 is 6.03 Å². The highest BCUT2D eigenvalue weighted by molar-refractivity contribution is 8.19. The predicted octanol–water partition coefficient (Wildman–Crippen LogP) is 3.40. The molecule has 9 heteroatoms. The van der Waals surface area contributed by atoms with Crippen molar-refractivity contribution >= 4 is 46.8 Å². The largest absolute Gasteiger partial charge is 0.329 e. The maximum atomic E-state index is 13.6. The summed E-state index contributed by atoms with van der Waals surface area (Å²) in [5.41, 5.74) is 0.401. The van der Waals surface area contributed by atoms with Gasteiger partial charge in [-0.25, -0.2) is 14.8 Å². The Morgan fingerprint density at radius 3 is 2.60 bits per heavy atom. The zero-order valence-corrected chi connectivity index (χ0v) is 18.7. The summed E-state index contributed by atoms with van der Waals surface area (Å²) < 4.78 is -0.368. The molecule has 3 atom stereocenters. The number of hydrogen-bond acceptors (Lipinski definition) is 6. The molecule has 2 spiro atoms. The van der Waals surface area contributed by atoms with E-state index >= 15 is 0 Å². The van der Waals surface area contributed by atoms with Gasteiger partial charge in [0.15, 0.2) is 5.66 Å². The average Bonchev–Trinajstić information content (AvgIpc) is 3.47. The van der Waals surface area contributed by atoms with Gasteiger partial charge in [0, 0.05) is 11.4 Å². The molecular formula is C21H22N4O2S3. The minimum Gasteiger partial charge on any atom is -0.329 e. The maximum Gasteiger partial charge on any atom is 0.317 e. The third kappa shape index (κ3) is 2.49. The Balaban J connectivity index is 1.52. The zero-order chi connectivity index (χ0) is 20.3. The molecule has 4 aliphatic rings. The lowest BCUT2D eigenvalue weighted by Crippen LogP contribution is -2.66. The summed E-state index contributed by atoms with van der Waals surface area (Å²) in [7, 11) is 0. The van der Waals surface area contributed by atoms with Crippen LogP contribution >= 0.6 is 34.9 Å². The molecule has 2 N–H and O–H groups in total. The number of thiophene rings is 1. The number of nitrogens with zero attached hydrogens (tertiary/aromatic N) is 2. The van der Waals surface area contributed by atoms with E-state index in [1.54, 1.807) is 11.3 Å². The Morgan fingerprint density at radius 2 is 1.87 bits per heavy atom. The first kappa shape index (κ1) is 19.0. The zero-order valence-electron chi connectivity index (χ0n) is 16.2. The molecule has 6 nitrogen and oxygen atoms in total. The van der Waals surface area contributed by atoms with Crippen LogP contribution in [0.25, 0.3) is 0 Å². The lowest BCUT2D eigenvalue weighted by Gasteiger charge is -2.45. The first-order valence-corrected chi connectivity index (χ1v) is 13.0. The number of carbonyl (C=O) groups is 2. The summed E-state index contributed by atoms with van der Waals surface area (Å²) in [6.07, 6.45) is 1.58. The number of hydrogen-bond donors (Lipinski definition) is 2. The van der Waals surface area contributed by atoms with Crippen molar-refractivity contribution in [3.63, 3.8) is 0 Å². The molecule has 1 aromatic carbocycles. The average molecular weight is 459 g/mol. The number of rotatable bonds is 3.